The highest BCUT2D eigenvalue weighted by Gasteiger charge is 2.29. The van der Waals surface area contributed by atoms with Gasteiger partial charge in [0, 0.05) is 29.1 Å². The summed E-state index contributed by atoms with van der Waals surface area (Å²) in [7, 11) is -2.93. The van der Waals surface area contributed by atoms with Crippen LogP contribution >= 0.6 is 11.8 Å². The summed E-state index contributed by atoms with van der Waals surface area (Å²) in [4.78, 5) is 12.9. The first kappa shape index (κ1) is 21.8. The standard InChI is InChI=1S/C22H25N3O4S2/c1-14-6-4-5-7-19(14)25-15(2)10-18(16(25)3)20(26)12-30-22-24-23-21(29-22)11-17-8-9-31(27,28)13-17/h4-7,10,17H,8-9,11-13H2,1-3H3. The van der Waals surface area contributed by atoms with Crippen LogP contribution in [0.15, 0.2) is 40.0 Å². The number of hydrogen-bond donors (Lipinski definition) is 0. The van der Waals surface area contributed by atoms with Crippen molar-refractivity contribution in [1.29, 1.82) is 0 Å². The number of carbonyl (C=O) groups is 1. The second-order valence-corrected chi connectivity index (χ2v) is 11.2. The number of ketones is 1. The van der Waals surface area contributed by atoms with Crippen LogP contribution in [0.4, 0.5) is 0 Å². The highest BCUT2D eigenvalue weighted by Crippen LogP contribution is 2.27. The Morgan fingerprint density at radius 3 is 2.71 bits per heavy atom. The maximum Gasteiger partial charge on any atom is 0.277 e. The van der Waals surface area contributed by atoms with Crippen molar-refractivity contribution in [3.63, 3.8) is 0 Å². The molecule has 1 aliphatic heterocycles. The summed E-state index contributed by atoms with van der Waals surface area (Å²) in [6.45, 7) is 6.01. The van der Waals surface area contributed by atoms with E-state index in [1.807, 2.05) is 38.1 Å². The number of hydrogen-bond acceptors (Lipinski definition) is 7. The molecule has 1 aliphatic rings. The van der Waals surface area contributed by atoms with E-state index in [1.54, 1.807) is 0 Å². The van der Waals surface area contributed by atoms with E-state index in [2.05, 4.69) is 27.8 Å². The van der Waals surface area contributed by atoms with Crippen molar-refractivity contribution >= 4 is 27.4 Å². The first-order chi connectivity index (χ1) is 14.7. The Labute approximate surface area is 186 Å². The van der Waals surface area contributed by atoms with E-state index in [-0.39, 0.29) is 29.0 Å². The summed E-state index contributed by atoms with van der Waals surface area (Å²) < 4.78 is 30.9. The van der Waals surface area contributed by atoms with Gasteiger partial charge in [-0.1, -0.05) is 30.0 Å². The molecule has 0 bridgehead atoms. The third kappa shape index (κ3) is 4.77. The Morgan fingerprint density at radius 2 is 2.00 bits per heavy atom. The third-order valence-electron chi connectivity index (χ3n) is 5.65. The number of carbonyl (C=O) groups excluding carboxylic acids is 1. The smallest absolute Gasteiger partial charge is 0.277 e. The molecule has 164 valence electrons. The summed E-state index contributed by atoms with van der Waals surface area (Å²) >= 11 is 1.21. The van der Waals surface area contributed by atoms with Gasteiger partial charge in [-0.05, 0) is 50.8 Å². The highest BCUT2D eigenvalue weighted by atomic mass is 32.2. The van der Waals surface area contributed by atoms with E-state index in [0.717, 1.165) is 22.6 Å². The fraction of sp³-hybridized carbons (Fsp3) is 0.409. The van der Waals surface area contributed by atoms with Gasteiger partial charge in [-0.25, -0.2) is 8.42 Å². The van der Waals surface area contributed by atoms with E-state index in [9.17, 15) is 13.2 Å². The Bertz CT molecular complexity index is 1230. The molecule has 1 atom stereocenters. The molecule has 7 nitrogen and oxygen atoms in total. The molecule has 2 aromatic heterocycles. The zero-order chi connectivity index (χ0) is 22.2. The lowest BCUT2D eigenvalue weighted by molar-refractivity contribution is 0.102. The fourth-order valence-electron chi connectivity index (χ4n) is 4.09. The molecule has 0 N–H and O–H groups in total. The molecule has 0 spiro atoms. The Morgan fingerprint density at radius 1 is 1.23 bits per heavy atom. The number of Topliss-reactive ketones (excluding diaryl/α,β-unsaturated/α-hetero) is 1. The van der Waals surface area contributed by atoms with Crippen LogP contribution in [0.5, 0.6) is 0 Å². The lowest BCUT2D eigenvalue weighted by atomic mass is 10.1. The van der Waals surface area contributed by atoms with Crippen molar-refractivity contribution in [2.75, 3.05) is 17.3 Å². The minimum absolute atomic E-state index is 0.000398. The molecule has 0 radical (unpaired) electrons. The molecule has 0 saturated carbocycles. The summed E-state index contributed by atoms with van der Waals surface area (Å²) in [5.74, 6) is 1.04. The predicted molar refractivity (Wildman–Crippen MR) is 120 cm³/mol. The van der Waals surface area contributed by atoms with Gasteiger partial charge in [0.1, 0.15) is 0 Å². The summed E-state index contributed by atoms with van der Waals surface area (Å²) in [6, 6.07) is 10.0. The van der Waals surface area contributed by atoms with E-state index >= 15 is 0 Å². The number of rotatable bonds is 7. The van der Waals surface area contributed by atoms with Gasteiger partial charge in [0.05, 0.1) is 17.3 Å². The van der Waals surface area contributed by atoms with Crippen LogP contribution in [0, 0.1) is 26.7 Å². The fourth-order valence-corrected chi connectivity index (χ4v) is 6.62. The van der Waals surface area contributed by atoms with Gasteiger partial charge in [0.25, 0.3) is 5.22 Å². The van der Waals surface area contributed by atoms with Gasteiger partial charge in [0.15, 0.2) is 15.6 Å². The zero-order valence-corrected chi connectivity index (χ0v) is 19.4. The maximum absolute atomic E-state index is 12.9. The van der Waals surface area contributed by atoms with Crippen LogP contribution in [0.2, 0.25) is 0 Å². The van der Waals surface area contributed by atoms with E-state index in [0.29, 0.717) is 29.5 Å². The molecular formula is C22H25N3O4S2. The normalized spacial score (nSPS) is 17.8. The average Bonchev–Trinajstić information content (AvgIpc) is 3.39. The topological polar surface area (TPSA) is 95.1 Å². The molecule has 1 aromatic carbocycles. The van der Waals surface area contributed by atoms with Gasteiger partial charge in [-0.2, -0.15) is 0 Å². The molecule has 1 saturated heterocycles. The van der Waals surface area contributed by atoms with Crippen LogP contribution < -0.4 is 0 Å². The van der Waals surface area contributed by atoms with Gasteiger partial charge in [0.2, 0.25) is 5.89 Å². The second-order valence-electron chi connectivity index (χ2n) is 8.05. The highest BCUT2D eigenvalue weighted by molar-refractivity contribution is 7.99. The largest absolute Gasteiger partial charge is 0.416 e. The number of sulfone groups is 1. The Balaban J connectivity index is 1.41. The molecule has 3 heterocycles. The zero-order valence-electron chi connectivity index (χ0n) is 17.8. The molecule has 31 heavy (non-hydrogen) atoms. The second kappa shape index (κ2) is 8.63. The summed E-state index contributed by atoms with van der Waals surface area (Å²) in [5.41, 5.74) is 4.81. The number of aromatic nitrogens is 3. The first-order valence-electron chi connectivity index (χ1n) is 10.2. The average molecular weight is 460 g/mol. The van der Waals surface area contributed by atoms with Crippen molar-refractivity contribution in [2.24, 2.45) is 5.92 Å². The van der Waals surface area contributed by atoms with Gasteiger partial charge in [-0.3, -0.25) is 4.79 Å². The van der Waals surface area contributed by atoms with Crippen LogP contribution in [0.3, 0.4) is 0 Å². The van der Waals surface area contributed by atoms with Crippen LogP contribution in [-0.2, 0) is 16.3 Å². The maximum atomic E-state index is 12.9. The van der Waals surface area contributed by atoms with Gasteiger partial charge in [-0.15, -0.1) is 10.2 Å². The van der Waals surface area contributed by atoms with Crippen LogP contribution in [0.1, 0.15) is 39.6 Å². The number of nitrogens with zero attached hydrogens (tertiary/aromatic N) is 3. The Kier molecular flexibility index (Phi) is 6.07. The number of aryl methyl sites for hydroxylation is 2. The van der Waals surface area contributed by atoms with E-state index in [1.165, 1.54) is 11.8 Å². The van der Waals surface area contributed by atoms with E-state index < -0.39 is 9.84 Å². The van der Waals surface area contributed by atoms with Crippen molar-refractivity contribution in [3.8, 4) is 5.69 Å². The summed E-state index contributed by atoms with van der Waals surface area (Å²) in [6.07, 6.45) is 1.08. The molecule has 3 aromatic rings. The van der Waals surface area contributed by atoms with Crippen LogP contribution in [0.25, 0.3) is 5.69 Å². The van der Waals surface area contributed by atoms with Crippen LogP contribution in [-0.4, -0.2) is 46.2 Å². The van der Waals surface area contributed by atoms with Crippen molar-refractivity contribution in [3.05, 3.63) is 58.7 Å². The van der Waals surface area contributed by atoms with Crippen molar-refractivity contribution in [2.45, 2.75) is 38.8 Å². The molecular weight excluding hydrogens is 434 g/mol. The predicted octanol–water partition coefficient (Wildman–Crippen LogP) is 3.74. The number of thioether (sulfide) groups is 1. The molecule has 1 unspecified atom stereocenters. The van der Waals surface area contributed by atoms with Gasteiger partial charge < -0.3 is 8.98 Å². The summed E-state index contributed by atoms with van der Waals surface area (Å²) in [5, 5.41) is 8.35. The lowest BCUT2D eigenvalue weighted by Gasteiger charge is -2.12. The number of para-hydroxylation sites is 1. The molecule has 1 fully saturated rings. The SMILES string of the molecule is Cc1ccccc1-n1c(C)cc(C(=O)CSc2nnc(CC3CCS(=O)(=O)C3)o2)c1C. The number of benzene rings is 1. The molecule has 4 rings (SSSR count). The molecule has 0 amide bonds. The quantitative estimate of drug-likeness (QED) is 0.392. The molecule has 0 aliphatic carbocycles. The van der Waals surface area contributed by atoms with Gasteiger partial charge >= 0.3 is 0 Å². The third-order valence-corrected chi connectivity index (χ3v) is 8.31. The van der Waals surface area contributed by atoms with E-state index in [4.69, 9.17) is 4.42 Å². The monoisotopic (exact) mass is 459 g/mol. The Hall–Kier alpha value is -2.39. The minimum Gasteiger partial charge on any atom is -0.416 e. The lowest BCUT2D eigenvalue weighted by Crippen LogP contribution is -2.07. The van der Waals surface area contributed by atoms with Crippen molar-refractivity contribution < 1.29 is 17.6 Å². The minimum atomic E-state index is -2.93. The van der Waals surface area contributed by atoms with Crippen molar-refractivity contribution in [1.82, 2.24) is 14.8 Å². The first-order valence-corrected chi connectivity index (χ1v) is 13.0. The molecule has 9 heteroatoms.